The molecule has 2 aromatic rings. The van der Waals surface area contributed by atoms with E-state index in [1.807, 2.05) is 36.4 Å². The standard InChI is InChI=1S/C19H16N2O3/c1-13-17(11-14-7-5-6-8-15(14)12-18(22)23)19(24)21(20-13)16-9-3-2-4-10-16/h2-11H,12H2,1H3,(H,22,23)/b17-11-. The maximum absolute atomic E-state index is 12.7. The second-order valence-electron chi connectivity index (χ2n) is 5.47. The van der Waals surface area contributed by atoms with Crippen molar-refractivity contribution >= 4 is 29.4 Å². The lowest BCUT2D eigenvalue weighted by Crippen LogP contribution is -2.21. The van der Waals surface area contributed by atoms with E-state index in [0.29, 0.717) is 28.1 Å². The van der Waals surface area contributed by atoms with Crippen LogP contribution in [0.25, 0.3) is 6.08 Å². The lowest BCUT2D eigenvalue weighted by molar-refractivity contribution is -0.136. The number of benzene rings is 2. The second kappa shape index (κ2) is 6.50. The van der Waals surface area contributed by atoms with Crippen molar-refractivity contribution in [3.8, 4) is 0 Å². The molecular weight excluding hydrogens is 304 g/mol. The predicted octanol–water partition coefficient (Wildman–Crippen LogP) is 3.12. The normalized spacial score (nSPS) is 15.7. The summed E-state index contributed by atoms with van der Waals surface area (Å²) in [6.45, 7) is 1.77. The second-order valence-corrected chi connectivity index (χ2v) is 5.47. The van der Waals surface area contributed by atoms with Crippen molar-refractivity contribution in [1.82, 2.24) is 0 Å². The molecule has 2 aromatic carbocycles. The number of aliphatic carboxylic acids is 1. The summed E-state index contributed by atoms with van der Waals surface area (Å²) in [4.78, 5) is 23.7. The zero-order valence-electron chi connectivity index (χ0n) is 13.1. The monoisotopic (exact) mass is 320 g/mol. The van der Waals surface area contributed by atoms with Gasteiger partial charge in [0.1, 0.15) is 0 Å². The maximum Gasteiger partial charge on any atom is 0.307 e. The first-order chi connectivity index (χ1) is 11.6. The average molecular weight is 320 g/mol. The highest BCUT2D eigenvalue weighted by Crippen LogP contribution is 2.25. The first-order valence-corrected chi connectivity index (χ1v) is 7.53. The summed E-state index contributed by atoms with van der Waals surface area (Å²) in [6, 6.07) is 16.4. The van der Waals surface area contributed by atoms with Crippen LogP contribution in [0.5, 0.6) is 0 Å². The molecule has 0 bridgehead atoms. The number of hydrogen-bond acceptors (Lipinski definition) is 3. The van der Waals surface area contributed by atoms with Gasteiger partial charge in [-0.1, -0.05) is 42.5 Å². The summed E-state index contributed by atoms with van der Waals surface area (Å²) < 4.78 is 0. The third-order valence-electron chi connectivity index (χ3n) is 3.76. The van der Waals surface area contributed by atoms with Crippen LogP contribution in [0.4, 0.5) is 5.69 Å². The number of carbonyl (C=O) groups is 2. The minimum absolute atomic E-state index is 0.0905. The van der Waals surface area contributed by atoms with Crippen LogP contribution in [-0.4, -0.2) is 22.7 Å². The summed E-state index contributed by atoms with van der Waals surface area (Å²) in [5.41, 5.74) is 3.15. The molecule has 3 rings (SSSR count). The highest BCUT2D eigenvalue weighted by molar-refractivity contribution is 6.32. The van der Waals surface area contributed by atoms with Crippen LogP contribution in [0, 0.1) is 0 Å². The average Bonchev–Trinajstić information content (AvgIpc) is 2.85. The van der Waals surface area contributed by atoms with Crippen molar-refractivity contribution in [2.75, 3.05) is 5.01 Å². The third-order valence-corrected chi connectivity index (χ3v) is 3.76. The zero-order chi connectivity index (χ0) is 17.1. The molecule has 0 fully saturated rings. The maximum atomic E-state index is 12.7. The van der Waals surface area contributed by atoms with E-state index in [1.54, 1.807) is 31.2 Å². The summed E-state index contributed by atoms with van der Waals surface area (Å²) in [5, 5.41) is 14.7. The van der Waals surface area contributed by atoms with Crippen molar-refractivity contribution in [3.05, 3.63) is 71.3 Å². The van der Waals surface area contributed by atoms with E-state index >= 15 is 0 Å². The molecule has 0 aromatic heterocycles. The topological polar surface area (TPSA) is 70.0 Å². The fraction of sp³-hybridized carbons (Fsp3) is 0.105. The number of carbonyl (C=O) groups excluding carboxylic acids is 1. The lowest BCUT2D eigenvalue weighted by atomic mass is 10.0. The Morgan fingerprint density at radius 3 is 2.50 bits per heavy atom. The Hall–Kier alpha value is -3.21. The molecular formula is C19H16N2O3. The quantitative estimate of drug-likeness (QED) is 0.880. The molecule has 0 unspecified atom stereocenters. The van der Waals surface area contributed by atoms with Gasteiger partial charge in [-0.25, -0.2) is 0 Å². The molecule has 0 spiro atoms. The Balaban J connectivity index is 1.96. The number of carboxylic acid groups (broad SMARTS) is 1. The number of rotatable bonds is 4. The fourth-order valence-electron chi connectivity index (χ4n) is 2.58. The van der Waals surface area contributed by atoms with Gasteiger partial charge in [-0.2, -0.15) is 10.1 Å². The number of anilines is 1. The van der Waals surface area contributed by atoms with E-state index < -0.39 is 5.97 Å². The molecule has 0 atom stereocenters. The van der Waals surface area contributed by atoms with Gasteiger partial charge in [-0.15, -0.1) is 0 Å². The van der Waals surface area contributed by atoms with Crippen LogP contribution >= 0.6 is 0 Å². The number of hydrazone groups is 1. The zero-order valence-corrected chi connectivity index (χ0v) is 13.1. The Bertz CT molecular complexity index is 854. The summed E-state index contributed by atoms with van der Waals surface area (Å²) in [6.07, 6.45) is 1.62. The SMILES string of the molecule is CC1=NN(c2ccccc2)C(=O)/C1=C\c1ccccc1CC(=O)O. The van der Waals surface area contributed by atoms with Crippen molar-refractivity contribution in [1.29, 1.82) is 0 Å². The summed E-state index contributed by atoms with van der Waals surface area (Å²) in [5.74, 6) is -1.13. The van der Waals surface area contributed by atoms with E-state index in [4.69, 9.17) is 5.11 Å². The number of para-hydroxylation sites is 1. The van der Waals surface area contributed by atoms with E-state index in [2.05, 4.69) is 5.10 Å². The largest absolute Gasteiger partial charge is 0.481 e. The van der Waals surface area contributed by atoms with Crippen molar-refractivity contribution in [2.24, 2.45) is 5.10 Å². The Morgan fingerprint density at radius 2 is 1.79 bits per heavy atom. The highest BCUT2D eigenvalue weighted by atomic mass is 16.4. The molecule has 0 saturated carbocycles. The van der Waals surface area contributed by atoms with E-state index in [-0.39, 0.29) is 12.3 Å². The molecule has 0 radical (unpaired) electrons. The predicted molar refractivity (Wildman–Crippen MR) is 92.8 cm³/mol. The fourth-order valence-corrected chi connectivity index (χ4v) is 2.58. The minimum Gasteiger partial charge on any atom is -0.481 e. The number of amides is 1. The van der Waals surface area contributed by atoms with Crippen LogP contribution in [0.1, 0.15) is 18.1 Å². The molecule has 5 heteroatoms. The van der Waals surface area contributed by atoms with Gasteiger partial charge in [0.25, 0.3) is 5.91 Å². The number of carboxylic acids is 1. The van der Waals surface area contributed by atoms with Gasteiger partial charge in [0, 0.05) is 0 Å². The van der Waals surface area contributed by atoms with E-state index in [9.17, 15) is 9.59 Å². The molecule has 0 saturated heterocycles. The highest BCUT2D eigenvalue weighted by Gasteiger charge is 2.28. The molecule has 5 nitrogen and oxygen atoms in total. The lowest BCUT2D eigenvalue weighted by Gasteiger charge is -2.11. The third kappa shape index (κ3) is 3.10. The number of nitrogens with zero attached hydrogens (tertiary/aromatic N) is 2. The Labute approximate surface area is 139 Å². The van der Waals surface area contributed by atoms with Crippen molar-refractivity contribution in [3.63, 3.8) is 0 Å². The Morgan fingerprint density at radius 1 is 1.12 bits per heavy atom. The molecule has 1 amide bonds. The molecule has 1 aliphatic heterocycles. The van der Waals surface area contributed by atoms with Gasteiger partial charge in [0.05, 0.1) is 23.4 Å². The molecule has 120 valence electrons. The van der Waals surface area contributed by atoms with Crippen LogP contribution in [0.3, 0.4) is 0 Å². The summed E-state index contributed by atoms with van der Waals surface area (Å²) in [7, 11) is 0. The molecule has 1 heterocycles. The van der Waals surface area contributed by atoms with Crippen molar-refractivity contribution in [2.45, 2.75) is 13.3 Å². The van der Waals surface area contributed by atoms with Gasteiger partial charge in [-0.05, 0) is 36.3 Å². The van der Waals surface area contributed by atoms with Crippen LogP contribution < -0.4 is 5.01 Å². The molecule has 1 N–H and O–H groups in total. The molecule has 1 aliphatic rings. The van der Waals surface area contributed by atoms with Gasteiger partial charge in [0.2, 0.25) is 0 Å². The smallest absolute Gasteiger partial charge is 0.307 e. The van der Waals surface area contributed by atoms with Gasteiger partial charge < -0.3 is 5.11 Å². The summed E-state index contributed by atoms with van der Waals surface area (Å²) >= 11 is 0. The van der Waals surface area contributed by atoms with Crippen molar-refractivity contribution < 1.29 is 14.7 Å². The van der Waals surface area contributed by atoms with Gasteiger partial charge >= 0.3 is 5.97 Å². The van der Waals surface area contributed by atoms with E-state index in [1.165, 1.54) is 5.01 Å². The first-order valence-electron chi connectivity index (χ1n) is 7.53. The van der Waals surface area contributed by atoms with Gasteiger partial charge in [0.15, 0.2) is 0 Å². The van der Waals surface area contributed by atoms with Crippen LogP contribution in [0.2, 0.25) is 0 Å². The minimum atomic E-state index is -0.908. The molecule has 24 heavy (non-hydrogen) atoms. The van der Waals surface area contributed by atoms with Crippen LogP contribution in [-0.2, 0) is 16.0 Å². The van der Waals surface area contributed by atoms with Crippen LogP contribution in [0.15, 0.2) is 65.3 Å². The number of hydrogen-bond donors (Lipinski definition) is 1. The first kappa shape index (κ1) is 15.7. The Kier molecular flexibility index (Phi) is 4.24. The van der Waals surface area contributed by atoms with E-state index in [0.717, 1.165) is 0 Å². The van der Waals surface area contributed by atoms with Gasteiger partial charge in [-0.3, -0.25) is 9.59 Å². The molecule has 0 aliphatic carbocycles.